The number of hydrogen-bond acceptors (Lipinski definition) is 2. The maximum atomic E-state index is 5.59. The molecule has 4 heteroatoms. The van der Waals surface area contributed by atoms with Crippen LogP contribution in [0.25, 0.3) is 0 Å². The molecule has 0 unspecified atom stereocenters. The van der Waals surface area contributed by atoms with Crippen LogP contribution in [0.1, 0.15) is 91.2 Å². The second-order valence-corrected chi connectivity index (χ2v) is 13.7. The van der Waals surface area contributed by atoms with E-state index in [4.69, 9.17) is 9.98 Å². The molecule has 40 heavy (non-hydrogen) atoms. The van der Waals surface area contributed by atoms with Crippen LogP contribution in [0.5, 0.6) is 0 Å². The first-order chi connectivity index (χ1) is 19.1. The third-order valence-corrected chi connectivity index (χ3v) is 9.42. The molecule has 0 saturated heterocycles. The Labute approximate surface area is 244 Å². The van der Waals surface area contributed by atoms with E-state index in [9.17, 15) is 0 Å². The van der Waals surface area contributed by atoms with E-state index in [1.807, 2.05) is 0 Å². The van der Waals surface area contributed by atoms with E-state index in [-0.39, 0.29) is 12.1 Å². The summed E-state index contributed by atoms with van der Waals surface area (Å²) in [5.41, 5.74) is 4.63. The molecule has 2 N–H and O–H groups in total. The molecular weight excluding hydrogens is 488 g/mol. The maximum absolute atomic E-state index is 5.59. The van der Waals surface area contributed by atoms with Crippen molar-refractivity contribution in [3.05, 3.63) is 59.7 Å². The lowest BCUT2D eigenvalue weighted by atomic mass is 9.74. The maximum Gasteiger partial charge on any atom is 0.169 e. The molecule has 0 aromatic heterocycles. The summed E-state index contributed by atoms with van der Waals surface area (Å²) in [4.78, 5) is 11.2. The number of aryl methyl sites for hydroxylation is 2. The first kappa shape index (κ1) is 30.3. The molecule has 2 aliphatic carbocycles. The predicted molar refractivity (Wildman–Crippen MR) is 175 cm³/mol. The van der Waals surface area contributed by atoms with Gasteiger partial charge >= 0.3 is 0 Å². The van der Waals surface area contributed by atoms with Gasteiger partial charge in [-0.1, -0.05) is 89.8 Å². The second-order valence-electron chi connectivity index (χ2n) is 13.7. The summed E-state index contributed by atoms with van der Waals surface area (Å²) in [5, 5.41) is 7.52. The van der Waals surface area contributed by atoms with Gasteiger partial charge in [0.2, 0.25) is 0 Å². The van der Waals surface area contributed by atoms with Crippen molar-refractivity contribution >= 4 is 23.0 Å². The van der Waals surface area contributed by atoms with Gasteiger partial charge in [0.1, 0.15) is 0 Å². The summed E-state index contributed by atoms with van der Waals surface area (Å²) in [5.74, 6) is 5.55. The van der Waals surface area contributed by atoms with Crippen molar-refractivity contribution in [1.29, 1.82) is 0 Å². The molecule has 0 bridgehead atoms. The Balaban J connectivity index is 1.82. The van der Waals surface area contributed by atoms with Gasteiger partial charge in [0, 0.05) is 11.4 Å². The van der Waals surface area contributed by atoms with Gasteiger partial charge in [0.25, 0.3) is 0 Å². The molecule has 4 nitrogen and oxygen atoms in total. The summed E-state index contributed by atoms with van der Waals surface area (Å²) in [6.45, 7) is 18.5. The Kier molecular flexibility index (Phi) is 10.5. The largest absolute Gasteiger partial charge is 0.337 e. The zero-order chi connectivity index (χ0) is 28.8. The monoisotopic (exact) mass is 542 g/mol. The molecule has 0 heterocycles. The van der Waals surface area contributed by atoms with Crippen LogP contribution in [0, 0.1) is 49.4 Å². The molecule has 0 radical (unpaired) electrons. The summed E-state index contributed by atoms with van der Waals surface area (Å²) >= 11 is 0. The molecule has 0 aliphatic heterocycles. The van der Waals surface area contributed by atoms with Gasteiger partial charge in [-0.05, 0) is 99.3 Å². The van der Waals surface area contributed by atoms with E-state index in [0.29, 0.717) is 35.5 Å². The third kappa shape index (κ3) is 8.21. The summed E-state index contributed by atoms with van der Waals surface area (Å²) in [6, 6.07) is 17.9. The fourth-order valence-electron chi connectivity index (χ4n) is 6.78. The Morgan fingerprint density at radius 1 is 0.600 bits per heavy atom. The lowest BCUT2D eigenvalue weighted by Gasteiger charge is -2.36. The van der Waals surface area contributed by atoms with Gasteiger partial charge in [0.15, 0.2) is 11.7 Å². The van der Waals surface area contributed by atoms with Crippen molar-refractivity contribution in [3.8, 4) is 0 Å². The van der Waals surface area contributed by atoms with Crippen LogP contribution in [0.3, 0.4) is 0 Å². The van der Waals surface area contributed by atoms with Crippen LogP contribution in [0.15, 0.2) is 58.5 Å². The highest BCUT2D eigenvalue weighted by atomic mass is 15.1. The number of rotatable bonds is 6. The Morgan fingerprint density at radius 3 is 1.27 bits per heavy atom. The van der Waals surface area contributed by atoms with E-state index in [1.165, 1.54) is 36.8 Å². The number of nitrogens with zero attached hydrogens (tertiary/aromatic N) is 2. The SMILES string of the molecule is Cc1ccc(NC(=N[C@@H]2C[C@H](C)CC[C@@H]2C(C)C)C(=N[C@@H]2C[C@@H](C)CC[C@H]2C(C)C)Nc2ccc(C)cc2)cc1. The van der Waals surface area contributed by atoms with Gasteiger partial charge in [-0.25, -0.2) is 0 Å². The quantitative estimate of drug-likeness (QED) is 0.282. The summed E-state index contributed by atoms with van der Waals surface area (Å²) < 4.78 is 0. The average molecular weight is 543 g/mol. The highest BCUT2D eigenvalue weighted by molar-refractivity contribution is 6.48. The Bertz CT molecular complexity index is 1040. The minimum Gasteiger partial charge on any atom is -0.337 e. The van der Waals surface area contributed by atoms with Gasteiger partial charge in [-0.2, -0.15) is 0 Å². The van der Waals surface area contributed by atoms with Gasteiger partial charge in [-0.3, -0.25) is 9.98 Å². The Morgan fingerprint density at radius 2 is 0.950 bits per heavy atom. The van der Waals surface area contributed by atoms with Crippen molar-refractivity contribution in [2.45, 2.75) is 106 Å². The molecule has 2 aliphatic rings. The number of hydrogen-bond donors (Lipinski definition) is 2. The minimum atomic E-state index is 0.285. The molecule has 0 spiro atoms. The van der Waals surface area contributed by atoms with Crippen molar-refractivity contribution in [1.82, 2.24) is 0 Å². The molecule has 6 atom stereocenters. The number of anilines is 2. The molecule has 2 aromatic rings. The number of nitrogens with one attached hydrogen (secondary N) is 2. The first-order valence-corrected chi connectivity index (χ1v) is 15.9. The van der Waals surface area contributed by atoms with Crippen molar-refractivity contribution in [3.63, 3.8) is 0 Å². The number of amidine groups is 2. The molecule has 4 rings (SSSR count). The fraction of sp³-hybridized carbons (Fsp3) is 0.611. The highest BCUT2D eigenvalue weighted by Crippen LogP contribution is 2.37. The van der Waals surface area contributed by atoms with Crippen LogP contribution in [0.4, 0.5) is 11.4 Å². The predicted octanol–water partition coefficient (Wildman–Crippen LogP) is 9.55. The Hall–Kier alpha value is -2.62. The van der Waals surface area contributed by atoms with Crippen LogP contribution in [0.2, 0.25) is 0 Å². The lowest BCUT2D eigenvalue weighted by Crippen LogP contribution is -2.39. The molecule has 2 fully saturated rings. The topological polar surface area (TPSA) is 48.8 Å². The van der Waals surface area contributed by atoms with Crippen LogP contribution < -0.4 is 10.6 Å². The van der Waals surface area contributed by atoms with Gasteiger partial charge < -0.3 is 10.6 Å². The van der Waals surface area contributed by atoms with Crippen molar-refractivity contribution in [2.24, 2.45) is 45.5 Å². The van der Waals surface area contributed by atoms with Crippen molar-refractivity contribution in [2.75, 3.05) is 10.6 Å². The van der Waals surface area contributed by atoms with Gasteiger partial charge in [0.05, 0.1) is 12.1 Å². The van der Waals surface area contributed by atoms with E-state index < -0.39 is 0 Å². The molecule has 0 amide bonds. The van der Waals surface area contributed by atoms with E-state index in [1.54, 1.807) is 0 Å². The van der Waals surface area contributed by atoms with Crippen LogP contribution in [-0.4, -0.2) is 23.8 Å². The molecule has 2 saturated carbocycles. The third-order valence-electron chi connectivity index (χ3n) is 9.42. The number of benzene rings is 2. The van der Waals surface area contributed by atoms with Gasteiger partial charge in [-0.15, -0.1) is 0 Å². The fourth-order valence-corrected chi connectivity index (χ4v) is 6.78. The summed E-state index contributed by atoms with van der Waals surface area (Å²) in [6.07, 6.45) is 7.36. The zero-order valence-corrected chi connectivity index (χ0v) is 26.4. The van der Waals surface area contributed by atoms with Crippen LogP contribution in [-0.2, 0) is 0 Å². The van der Waals surface area contributed by atoms with Crippen molar-refractivity contribution < 1.29 is 0 Å². The van der Waals surface area contributed by atoms with Crippen LogP contribution >= 0.6 is 0 Å². The van der Waals surface area contributed by atoms with E-state index in [0.717, 1.165) is 35.9 Å². The first-order valence-electron chi connectivity index (χ1n) is 15.9. The standard InChI is InChI=1S/C36H54N4/c1-23(2)31-19-13-27(7)21-33(31)39-35(37-29-15-9-25(5)10-16-29)36(38-30-17-11-26(6)12-18-30)40-34-22-28(8)14-20-32(34)24(3)4/h9-12,15-18,23-24,27-28,31-34H,13-14,19-22H2,1-8H3,(H,37,39)(H,38,40)/t27-,28+,31-,32+,33-,34-/m1/s1. The minimum absolute atomic E-state index is 0.285. The highest BCUT2D eigenvalue weighted by Gasteiger charge is 2.33. The normalized spacial score (nSPS) is 28.1. The number of aliphatic imine (C=N–C) groups is 2. The van der Waals surface area contributed by atoms with E-state index >= 15 is 0 Å². The summed E-state index contributed by atoms with van der Waals surface area (Å²) in [7, 11) is 0. The molecule has 2 aromatic carbocycles. The molecular formula is C36H54N4. The lowest BCUT2D eigenvalue weighted by molar-refractivity contribution is 0.200. The smallest absolute Gasteiger partial charge is 0.169 e. The van der Waals surface area contributed by atoms with E-state index in [2.05, 4.69) is 115 Å². The molecule has 218 valence electrons. The zero-order valence-electron chi connectivity index (χ0n) is 26.4. The second kappa shape index (κ2) is 13.8. The average Bonchev–Trinajstić information content (AvgIpc) is 2.90.